The Morgan fingerprint density at radius 3 is 2.81 bits per heavy atom. The van der Waals surface area contributed by atoms with Crippen LogP contribution in [0.4, 0.5) is 0 Å². The minimum atomic E-state index is -3.56. The molecule has 0 amide bonds. The maximum absolute atomic E-state index is 12.8. The lowest BCUT2D eigenvalue weighted by Gasteiger charge is -2.27. The first-order chi connectivity index (χ1) is 9.96. The van der Waals surface area contributed by atoms with Crippen molar-refractivity contribution in [2.24, 2.45) is 0 Å². The molecule has 1 saturated heterocycles. The summed E-state index contributed by atoms with van der Waals surface area (Å²) in [6, 6.07) is 6.81. The molecule has 0 aliphatic carbocycles. The highest BCUT2D eigenvalue weighted by molar-refractivity contribution is 7.89. The minimum Gasteiger partial charge on any atom is -0.317 e. The molecular formula is C15H21N3O2S. The van der Waals surface area contributed by atoms with Crippen molar-refractivity contribution in [3.8, 4) is 6.07 Å². The van der Waals surface area contributed by atoms with Crippen LogP contribution in [0, 0.1) is 18.3 Å². The molecule has 0 bridgehead atoms. The topological polar surface area (TPSA) is 73.2 Å². The van der Waals surface area contributed by atoms with Crippen LogP contribution in [-0.4, -0.2) is 38.9 Å². The van der Waals surface area contributed by atoms with Crippen LogP contribution in [0.15, 0.2) is 23.1 Å². The highest BCUT2D eigenvalue weighted by Gasteiger charge is 2.29. The highest BCUT2D eigenvalue weighted by atomic mass is 32.2. The van der Waals surface area contributed by atoms with Crippen molar-refractivity contribution in [2.75, 3.05) is 20.1 Å². The van der Waals surface area contributed by atoms with Gasteiger partial charge in [-0.2, -0.15) is 9.57 Å². The van der Waals surface area contributed by atoms with E-state index in [1.165, 1.54) is 10.4 Å². The van der Waals surface area contributed by atoms with E-state index in [4.69, 9.17) is 5.26 Å². The molecule has 0 spiro atoms. The maximum Gasteiger partial charge on any atom is 0.243 e. The van der Waals surface area contributed by atoms with E-state index >= 15 is 0 Å². The van der Waals surface area contributed by atoms with Crippen LogP contribution in [0.1, 0.15) is 30.4 Å². The first-order valence-corrected chi connectivity index (χ1v) is 8.60. The molecule has 1 heterocycles. The van der Waals surface area contributed by atoms with E-state index < -0.39 is 10.0 Å². The van der Waals surface area contributed by atoms with Crippen molar-refractivity contribution >= 4 is 10.0 Å². The first kappa shape index (κ1) is 16.0. The van der Waals surface area contributed by atoms with Gasteiger partial charge in [-0.15, -0.1) is 0 Å². The zero-order chi connectivity index (χ0) is 15.5. The summed E-state index contributed by atoms with van der Waals surface area (Å²) in [5.41, 5.74) is 1.04. The molecule has 1 aliphatic rings. The van der Waals surface area contributed by atoms with Crippen molar-refractivity contribution in [1.82, 2.24) is 9.62 Å². The van der Waals surface area contributed by atoms with Crippen LogP contribution < -0.4 is 5.32 Å². The molecule has 0 aromatic heterocycles. The summed E-state index contributed by atoms with van der Waals surface area (Å²) in [5.74, 6) is 0. The van der Waals surface area contributed by atoms with Crippen molar-refractivity contribution in [2.45, 2.75) is 37.1 Å². The fraction of sp³-hybridized carbons (Fsp3) is 0.533. The molecule has 6 heteroatoms. The van der Waals surface area contributed by atoms with Gasteiger partial charge < -0.3 is 5.32 Å². The number of aryl methyl sites for hydroxylation is 1. The van der Waals surface area contributed by atoms with E-state index in [1.807, 2.05) is 6.07 Å². The summed E-state index contributed by atoms with van der Waals surface area (Å²) in [4.78, 5) is 0.237. The molecule has 1 aromatic rings. The van der Waals surface area contributed by atoms with Gasteiger partial charge in [0.2, 0.25) is 10.0 Å². The van der Waals surface area contributed by atoms with Crippen molar-refractivity contribution in [3.63, 3.8) is 0 Å². The van der Waals surface area contributed by atoms with Crippen LogP contribution in [0.2, 0.25) is 0 Å². The number of nitriles is 1. The third-order valence-corrected chi connectivity index (χ3v) is 6.09. The lowest BCUT2D eigenvalue weighted by molar-refractivity contribution is 0.341. The fourth-order valence-corrected chi connectivity index (χ4v) is 4.33. The molecule has 114 valence electrons. The van der Waals surface area contributed by atoms with Crippen molar-refractivity contribution < 1.29 is 8.42 Å². The Kier molecular flexibility index (Phi) is 4.99. The van der Waals surface area contributed by atoms with Gasteiger partial charge in [0.25, 0.3) is 0 Å². The standard InChI is InChI=1S/C15H21N3O2S/c1-12-5-6-13(11-16)10-15(12)21(19,20)18(2)14-4-3-8-17-9-7-14/h5-6,10,14,17H,3-4,7-9H2,1-2H3. The second-order valence-corrected chi connectivity index (χ2v) is 7.41. The minimum absolute atomic E-state index is 0.00939. The van der Waals surface area contributed by atoms with Gasteiger partial charge in [0.15, 0.2) is 0 Å². The Morgan fingerprint density at radius 2 is 2.10 bits per heavy atom. The predicted octanol–water partition coefficient (Wildman–Crippen LogP) is 1.63. The molecule has 1 aliphatic heterocycles. The summed E-state index contributed by atoms with van der Waals surface area (Å²) >= 11 is 0. The van der Waals surface area contributed by atoms with Crippen LogP contribution in [0.5, 0.6) is 0 Å². The van der Waals surface area contributed by atoms with Gasteiger partial charge in [0.05, 0.1) is 16.5 Å². The Balaban J connectivity index is 2.34. The molecule has 2 rings (SSSR count). The number of hydrogen-bond donors (Lipinski definition) is 1. The zero-order valence-electron chi connectivity index (χ0n) is 12.5. The molecule has 1 N–H and O–H groups in total. The van der Waals surface area contributed by atoms with Crippen LogP contribution in [0.3, 0.4) is 0 Å². The highest BCUT2D eigenvalue weighted by Crippen LogP contribution is 2.24. The Morgan fingerprint density at radius 1 is 1.33 bits per heavy atom. The zero-order valence-corrected chi connectivity index (χ0v) is 13.3. The maximum atomic E-state index is 12.8. The van der Waals surface area contributed by atoms with Crippen molar-refractivity contribution in [3.05, 3.63) is 29.3 Å². The second-order valence-electron chi connectivity index (χ2n) is 5.45. The summed E-state index contributed by atoms with van der Waals surface area (Å²) < 4.78 is 27.1. The quantitative estimate of drug-likeness (QED) is 0.921. The van der Waals surface area contributed by atoms with E-state index in [9.17, 15) is 8.42 Å². The normalized spacial score (nSPS) is 20.0. The van der Waals surface area contributed by atoms with Gasteiger partial charge in [0.1, 0.15) is 0 Å². The van der Waals surface area contributed by atoms with E-state index in [-0.39, 0.29) is 10.9 Å². The van der Waals surface area contributed by atoms with Crippen LogP contribution in [0.25, 0.3) is 0 Å². The summed E-state index contributed by atoms with van der Waals surface area (Å²) in [7, 11) is -1.92. The van der Waals surface area contributed by atoms with Crippen LogP contribution in [-0.2, 0) is 10.0 Å². The second kappa shape index (κ2) is 6.56. The van der Waals surface area contributed by atoms with E-state index in [0.717, 1.165) is 32.4 Å². The molecule has 0 radical (unpaired) electrons. The largest absolute Gasteiger partial charge is 0.317 e. The van der Waals surface area contributed by atoms with Gasteiger partial charge in [-0.05, 0) is 57.0 Å². The molecule has 21 heavy (non-hydrogen) atoms. The van der Waals surface area contributed by atoms with Gasteiger partial charge in [-0.3, -0.25) is 0 Å². The molecule has 5 nitrogen and oxygen atoms in total. The Hall–Kier alpha value is -1.42. The summed E-state index contributed by atoms with van der Waals surface area (Å²) in [6.07, 6.45) is 2.65. The average molecular weight is 307 g/mol. The lowest BCUT2D eigenvalue weighted by Crippen LogP contribution is -2.37. The van der Waals surface area contributed by atoms with E-state index in [0.29, 0.717) is 11.1 Å². The molecule has 1 fully saturated rings. The SMILES string of the molecule is Cc1ccc(C#N)cc1S(=O)(=O)N(C)C1CCCNCC1. The summed E-state index contributed by atoms with van der Waals surface area (Å²) in [6.45, 7) is 3.53. The first-order valence-electron chi connectivity index (χ1n) is 7.16. The summed E-state index contributed by atoms with van der Waals surface area (Å²) in [5, 5.41) is 12.3. The van der Waals surface area contributed by atoms with Gasteiger partial charge >= 0.3 is 0 Å². The molecule has 1 atom stereocenters. The number of benzene rings is 1. The van der Waals surface area contributed by atoms with Gasteiger partial charge in [-0.25, -0.2) is 8.42 Å². The monoisotopic (exact) mass is 307 g/mol. The Labute approximate surface area is 126 Å². The smallest absolute Gasteiger partial charge is 0.243 e. The Bertz CT molecular complexity index is 641. The average Bonchev–Trinajstić information content (AvgIpc) is 2.75. The lowest BCUT2D eigenvalue weighted by atomic mass is 10.1. The fourth-order valence-electron chi connectivity index (χ4n) is 2.66. The third kappa shape index (κ3) is 3.43. The molecule has 1 aromatic carbocycles. The van der Waals surface area contributed by atoms with Gasteiger partial charge in [-0.1, -0.05) is 6.07 Å². The van der Waals surface area contributed by atoms with E-state index in [2.05, 4.69) is 5.32 Å². The number of hydrogen-bond acceptors (Lipinski definition) is 4. The number of nitrogens with zero attached hydrogens (tertiary/aromatic N) is 2. The number of rotatable bonds is 3. The molecular weight excluding hydrogens is 286 g/mol. The number of nitrogens with one attached hydrogen (secondary N) is 1. The predicted molar refractivity (Wildman–Crippen MR) is 81.4 cm³/mol. The van der Waals surface area contributed by atoms with E-state index in [1.54, 1.807) is 26.1 Å². The van der Waals surface area contributed by atoms with Gasteiger partial charge in [0, 0.05) is 13.1 Å². The van der Waals surface area contributed by atoms with Crippen molar-refractivity contribution in [1.29, 1.82) is 5.26 Å². The molecule has 0 saturated carbocycles. The third-order valence-electron chi connectivity index (χ3n) is 4.03. The number of sulfonamides is 1. The van der Waals surface area contributed by atoms with Crippen LogP contribution >= 0.6 is 0 Å². The molecule has 1 unspecified atom stereocenters.